The van der Waals surface area contributed by atoms with E-state index in [9.17, 15) is 0 Å². The maximum Gasteiger partial charge on any atom is 0.193 e. The maximum atomic E-state index is 4.54. The molecule has 2 rings (SSSR count). The van der Waals surface area contributed by atoms with Crippen molar-refractivity contribution in [3.63, 3.8) is 0 Å². The van der Waals surface area contributed by atoms with Crippen LogP contribution in [0.2, 0.25) is 0 Å². The van der Waals surface area contributed by atoms with E-state index in [4.69, 9.17) is 0 Å². The SMILES string of the molecule is CN=C(NCC(C)c1nc(C)cs1)N1CCCC1. The van der Waals surface area contributed by atoms with Crippen molar-refractivity contribution in [2.75, 3.05) is 26.7 Å². The first-order valence-electron chi connectivity index (χ1n) is 6.58. The van der Waals surface area contributed by atoms with Crippen molar-refractivity contribution in [1.29, 1.82) is 0 Å². The summed E-state index contributed by atoms with van der Waals surface area (Å²) in [6.45, 7) is 7.41. The molecule has 0 radical (unpaired) electrons. The number of hydrogen-bond acceptors (Lipinski definition) is 3. The van der Waals surface area contributed by atoms with Crippen LogP contribution in [0.1, 0.15) is 36.4 Å². The molecule has 18 heavy (non-hydrogen) atoms. The molecule has 0 spiro atoms. The zero-order valence-corrected chi connectivity index (χ0v) is 12.3. The van der Waals surface area contributed by atoms with Gasteiger partial charge in [-0.2, -0.15) is 0 Å². The highest BCUT2D eigenvalue weighted by Crippen LogP contribution is 2.19. The van der Waals surface area contributed by atoms with Crippen LogP contribution in [0.3, 0.4) is 0 Å². The Bertz CT molecular complexity index is 407. The van der Waals surface area contributed by atoms with Crippen LogP contribution in [0.15, 0.2) is 10.4 Å². The Morgan fingerprint density at radius 2 is 2.28 bits per heavy atom. The number of aromatic nitrogens is 1. The van der Waals surface area contributed by atoms with Crippen LogP contribution < -0.4 is 5.32 Å². The molecule has 0 aliphatic carbocycles. The normalized spacial score (nSPS) is 18.2. The average Bonchev–Trinajstić information content (AvgIpc) is 3.01. The number of nitrogens with one attached hydrogen (secondary N) is 1. The second kappa shape index (κ2) is 6.18. The summed E-state index contributed by atoms with van der Waals surface area (Å²) in [5.41, 5.74) is 1.12. The summed E-state index contributed by atoms with van der Waals surface area (Å²) in [5.74, 6) is 1.47. The van der Waals surface area contributed by atoms with Crippen LogP contribution in [0.4, 0.5) is 0 Å². The smallest absolute Gasteiger partial charge is 0.193 e. The molecular weight excluding hydrogens is 244 g/mol. The van der Waals surface area contributed by atoms with Gasteiger partial charge in [0.15, 0.2) is 5.96 Å². The topological polar surface area (TPSA) is 40.5 Å². The van der Waals surface area contributed by atoms with E-state index < -0.39 is 0 Å². The lowest BCUT2D eigenvalue weighted by Crippen LogP contribution is -2.41. The van der Waals surface area contributed by atoms with Gasteiger partial charge >= 0.3 is 0 Å². The van der Waals surface area contributed by atoms with Gasteiger partial charge in [-0.15, -0.1) is 11.3 Å². The summed E-state index contributed by atoms with van der Waals surface area (Å²) in [6.07, 6.45) is 2.56. The third-order valence-electron chi connectivity index (χ3n) is 3.24. The lowest BCUT2D eigenvalue weighted by atomic mass is 10.2. The van der Waals surface area contributed by atoms with E-state index in [1.807, 2.05) is 14.0 Å². The molecule has 1 fully saturated rings. The van der Waals surface area contributed by atoms with Crippen molar-refractivity contribution in [3.05, 3.63) is 16.1 Å². The van der Waals surface area contributed by atoms with Gasteiger partial charge < -0.3 is 10.2 Å². The fourth-order valence-corrected chi connectivity index (χ4v) is 3.05. The second-order valence-corrected chi connectivity index (χ2v) is 5.74. The predicted octanol–water partition coefficient (Wildman–Crippen LogP) is 2.23. The molecule has 0 aromatic carbocycles. The molecule has 5 heteroatoms. The van der Waals surface area contributed by atoms with Crippen molar-refractivity contribution >= 4 is 17.3 Å². The molecule has 0 bridgehead atoms. The first kappa shape index (κ1) is 13.3. The number of nitrogens with zero attached hydrogens (tertiary/aromatic N) is 3. The van der Waals surface area contributed by atoms with Gasteiger partial charge in [-0.1, -0.05) is 6.92 Å². The first-order valence-corrected chi connectivity index (χ1v) is 7.46. The second-order valence-electron chi connectivity index (χ2n) is 4.85. The van der Waals surface area contributed by atoms with E-state index >= 15 is 0 Å². The summed E-state index contributed by atoms with van der Waals surface area (Å²) in [5, 5.41) is 6.78. The number of guanidine groups is 1. The van der Waals surface area contributed by atoms with Gasteiger partial charge in [-0.3, -0.25) is 4.99 Å². The number of likely N-dealkylation sites (tertiary alicyclic amines) is 1. The maximum absolute atomic E-state index is 4.54. The molecule has 0 amide bonds. The minimum Gasteiger partial charge on any atom is -0.356 e. The minimum absolute atomic E-state index is 0.433. The molecule has 1 aromatic rings. The van der Waals surface area contributed by atoms with Crippen LogP contribution in [0, 0.1) is 6.92 Å². The number of aliphatic imine (C=N–C) groups is 1. The van der Waals surface area contributed by atoms with Crippen LogP contribution in [0.25, 0.3) is 0 Å². The van der Waals surface area contributed by atoms with Gasteiger partial charge in [-0.05, 0) is 19.8 Å². The Labute approximate surface area is 113 Å². The predicted molar refractivity (Wildman–Crippen MR) is 77.4 cm³/mol. The highest BCUT2D eigenvalue weighted by atomic mass is 32.1. The van der Waals surface area contributed by atoms with E-state index in [-0.39, 0.29) is 0 Å². The molecule has 100 valence electrons. The quantitative estimate of drug-likeness (QED) is 0.674. The van der Waals surface area contributed by atoms with Crippen molar-refractivity contribution in [2.24, 2.45) is 4.99 Å². The van der Waals surface area contributed by atoms with E-state index in [1.54, 1.807) is 11.3 Å². The Hall–Kier alpha value is -1.10. The molecule has 1 unspecified atom stereocenters. The van der Waals surface area contributed by atoms with Crippen molar-refractivity contribution in [2.45, 2.75) is 32.6 Å². The summed E-state index contributed by atoms with van der Waals surface area (Å²) in [6, 6.07) is 0. The molecular formula is C13H22N4S. The summed E-state index contributed by atoms with van der Waals surface area (Å²) < 4.78 is 0. The third kappa shape index (κ3) is 3.22. The van der Waals surface area contributed by atoms with Gasteiger partial charge in [0.1, 0.15) is 0 Å². The molecule has 1 aliphatic rings. The van der Waals surface area contributed by atoms with Crippen molar-refractivity contribution < 1.29 is 0 Å². The molecule has 1 N–H and O–H groups in total. The highest BCUT2D eigenvalue weighted by molar-refractivity contribution is 7.09. The molecule has 1 aromatic heterocycles. The highest BCUT2D eigenvalue weighted by Gasteiger charge is 2.17. The van der Waals surface area contributed by atoms with Crippen LogP contribution in [-0.4, -0.2) is 42.5 Å². The third-order valence-corrected chi connectivity index (χ3v) is 4.44. The first-order chi connectivity index (χ1) is 8.70. The van der Waals surface area contributed by atoms with Gasteiger partial charge in [0, 0.05) is 43.7 Å². The molecule has 4 nitrogen and oxygen atoms in total. The van der Waals surface area contributed by atoms with Crippen molar-refractivity contribution in [1.82, 2.24) is 15.2 Å². The molecule has 2 heterocycles. The standard InChI is InChI=1S/C13H22N4S/c1-10(12-16-11(2)9-18-12)8-15-13(14-3)17-6-4-5-7-17/h9-10H,4-8H2,1-3H3,(H,14,15). The fourth-order valence-electron chi connectivity index (χ4n) is 2.19. The summed E-state index contributed by atoms with van der Waals surface area (Å²) >= 11 is 1.74. The zero-order valence-electron chi connectivity index (χ0n) is 11.4. The lowest BCUT2D eigenvalue weighted by Gasteiger charge is -2.22. The Morgan fingerprint density at radius 3 is 2.83 bits per heavy atom. The molecule has 1 saturated heterocycles. The summed E-state index contributed by atoms with van der Waals surface area (Å²) in [4.78, 5) is 11.2. The number of rotatable bonds is 3. The van der Waals surface area contributed by atoms with Gasteiger partial charge in [0.05, 0.1) is 5.01 Å². The van der Waals surface area contributed by atoms with E-state index in [1.165, 1.54) is 17.8 Å². The largest absolute Gasteiger partial charge is 0.356 e. The number of thiazole rings is 1. The molecule has 1 aliphatic heterocycles. The van der Waals surface area contributed by atoms with E-state index in [2.05, 4.69) is 32.5 Å². The minimum atomic E-state index is 0.433. The van der Waals surface area contributed by atoms with Crippen LogP contribution in [-0.2, 0) is 0 Å². The molecule has 1 atom stereocenters. The van der Waals surface area contributed by atoms with Gasteiger partial charge in [-0.25, -0.2) is 4.98 Å². The van der Waals surface area contributed by atoms with Crippen LogP contribution in [0.5, 0.6) is 0 Å². The number of hydrogen-bond donors (Lipinski definition) is 1. The fraction of sp³-hybridized carbons (Fsp3) is 0.692. The van der Waals surface area contributed by atoms with Gasteiger partial charge in [0.25, 0.3) is 0 Å². The molecule has 0 saturated carbocycles. The zero-order chi connectivity index (χ0) is 13.0. The Morgan fingerprint density at radius 1 is 1.56 bits per heavy atom. The average molecular weight is 266 g/mol. The summed E-state index contributed by atoms with van der Waals surface area (Å²) in [7, 11) is 1.86. The Balaban J connectivity index is 1.86. The van der Waals surface area contributed by atoms with Crippen molar-refractivity contribution in [3.8, 4) is 0 Å². The van der Waals surface area contributed by atoms with E-state index in [0.717, 1.165) is 31.3 Å². The lowest BCUT2D eigenvalue weighted by molar-refractivity contribution is 0.489. The monoisotopic (exact) mass is 266 g/mol. The Kier molecular flexibility index (Phi) is 4.58. The van der Waals surface area contributed by atoms with Crippen LogP contribution >= 0.6 is 11.3 Å². The van der Waals surface area contributed by atoms with E-state index in [0.29, 0.717) is 5.92 Å². The van der Waals surface area contributed by atoms with Gasteiger partial charge in [0.2, 0.25) is 0 Å². The number of aryl methyl sites for hydroxylation is 1.